The van der Waals surface area contributed by atoms with Crippen molar-refractivity contribution >= 4 is 11.8 Å². The Hall–Kier alpha value is -2.62. The highest BCUT2D eigenvalue weighted by Crippen LogP contribution is 2.06. The monoisotopic (exact) mass is 324 g/mol. The Kier molecular flexibility index (Phi) is 6.55. The van der Waals surface area contributed by atoms with Crippen LogP contribution in [0, 0.1) is 5.92 Å². The van der Waals surface area contributed by atoms with E-state index in [1.54, 1.807) is 24.3 Å². The maximum absolute atomic E-state index is 12.2. The molecule has 0 atom stereocenters. The van der Waals surface area contributed by atoms with E-state index >= 15 is 0 Å². The van der Waals surface area contributed by atoms with Crippen molar-refractivity contribution in [2.75, 3.05) is 13.1 Å². The zero-order valence-corrected chi connectivity index (χ0v) is 14.2. The Morgan fingerprint density at radius 2 is 1.50 bits per heavy atom. The molecule has 0 aliphatic heterocycles. The molecule has 2 N–H and O–H groups in total. The molecule has 2 amide bonds. The summed E-state index contributed by atoms with van der Waals surface area (Å²) in [4.78, 5) is 24.3. The molecule has 0 spiro atoms. The van der Waals surface area contributed by atoms with Crippen molar-refractivity contribution in [1.29, 1.82) is 0 Å². The Morgan fingerprint density at radius 1 is 0.875 bits per heavy atom. The first-order valence-electron chi connectivity index (χ1n) is 8.26. The molecule has 0 aliphatic rings. The van der Waals surface area contributed by atoms with Crippen LogP contribution in [-0.2, 0) is 6.42 Å². The summed E-state index contributed by atoms with van der Waals surface area (Å²) in [6.45, 7) is 5.26. The largest absolute Gasteiger partial charge is 0.352 e. The molecular formula is C20H24N2O2. The average molecular weight is 324 g/mol. The fourth-order valence-electron chi connectivity index (χ4n) is 2.27. The molecule has 0 aromatic heterocycles. The smallest absolute Gasteiger partial charge is 0.251 e. The molecule has 2 aromatic carbocycles. The van der Waals surface area contributed by atoms with Gasteiger partial charge in [0.05, 0.1) is 0 Å². The predicted molar refractivity (Wildman–Crippen MR) is 96.1 cm³/mol. The van der Waals surface area contributed by atoms with E-state index in [1.165, 1.54) is 5.56 Å². The van der Waals surface area contributed by atoms with Crippen LogP contribution in [0.3, 0.4) is 0 Å². The topological polar surface area (TPSA) is 58.2 Å². The van der Waals surface area contributed by atoms with Gasteiger partial charge in [-0.3, -0.25) is 9.59 Å². The lowest BCUT2D eigenvalue weighted by Gasteiger charge is -2.09. The highest BCUT2D eigenvalue weighted by molar-refractivity contribution is 5.99. The van der Waals surface area contributed by atoms with Gasteiger partial charge in [-0.05, 0) is 36.1 Å². The molecule has 4 nitrogen and oxygen atoms in total. The second-order valence-electron chi connectivity index (χ2n) is 6.18. The van der Waals surface area contributed by atoms with Gasteiger partial charge in [-0.1, -0.05) is 50.2 Å². The van der Waals surface area contributed by atoms with E-state index in [0.717, 1.165) is 6.42 Å². The molecule has 4 heteroatoms. The minimum Gasteiger partial charge on any atom is -0.352 e. The molecule has 0 aliphatic carbocycles. The van der Waals surface area contributed by atoms with Crippen molar-refractivity contribution in [2.24, 2.45) is 5.92 Å². The van der Waals surface area contributed by atoms with Crippen LogP contribution in [0.2, 0.25) is 0 Å². The Bertz CT molecular complexity index is 681. The summed E-state index contributed by atoms with van der Waals surface area (Å²) in [6.07, 6.45) is 0.779. The second-order valence-corrected chi connectivity index (χ2v) is 6.18. The summed E-state index contributed by atoms with van der Waals surface area (Å²) in [7, 11) is 0. The summed E-state index contributed by atoms with van der Waals surface area (Å²) in [5.74, 6) is 0.0745. The van der Waals surface area contributed by atoms with Crippen LogP contribution >= 0.6 is 0 Å². The molecular weight excluding hydrogens is 300 g/mol. The minimum absolute atomic E-state index is 0.150. The number of carbonyl (C=O) groups is 2. The van der Waals surface area contributed by atoms with E-state index in [9.17, 15) is 9.59 Å². The van der Waals surface area contributed by atoms with E-state index in [2.05, 4.69) is 10.6 Å². The van der Waals surface area contributed by atoms with Crippen LogP contribution < -0.4 is 10.6 Å². The molecule has 0 unspecified atom stereocenters. The molecule has 24 heavy (non-hydrogen) atoms. The third kappa shape index (κ3) is 5.54. The quantitative estimate of drug-likeness (QED) is 0.822. The maximum atomic E-state index is 12.2. The van der Waals surface area contributed by atoms with Crippen molar-refractivity contribution in [2.45, 2.75) is 20.3 Å². The molecule has 2 rings (SSSR count). The molecule has 2 aromatic rings. The lowest BCUT2D eigenvalue weighted by molar-refractivity contribution is 0.0949. The molecule has 0 bridgehead atoms. The molecule has 126 valence electrons. The summed E-state index contributed by atoms with van der Waals surface area (Å²) in [5, 5.41) is 5.75. The summed E-state index contributed by atoms with van der Waals surface area (Å²) in [6, 6.07) is 16.8. The Balaban J connectivity index is 1.90. The summed E-state index contributed by atoms with van der Waals surface area (Å²) < 4.78 is 0. The van der Waals surface area contributed by atoms with Crippen LogP contribution in [0.1, 0.15) is 40.1 Å². The average Bonchev–Trinajstić information content (AvgIpc) is 2.60. The van der Waals surface area contributed by atoms with Crippen LogP contribution in [0.4, 0.5) is 0 Å². The fourth-order valence-corrected chi connectivity index (χ4v) is 2.27. The number of amides is 2. The van der Waals surface area contributed by atoms with Gasteiger partial charge in [-0.15, -0.1) is 0 Å². The van der Waals surface area contributed by atoms with Crippen LogP contribution in [0.25, 0.3) is 0 Å². The van der Waals surface area contributed by atoms with E-state index < -0.39 is 0 Å². The van der Waals surface area contributed by atoms with Crippen LogP contribution in [-0.4, -0.2) is 24.9 Å². The highest BCUT2D eigenvalue weighted by atomic mass is 16.2. The number of carbonyl (C=O) groups excluding carboxylic acids is 2. The lowest BCUT2D eigenvalue weighted by Crippen LogP contribution is -2.28. The van der Waals surface area contributed by atoms with Gasteiger partial charge in [-0.25, -0.2) is 0 Å². The molecule has 0 saturated heterocycles. The van der Waals surface area contributed by atoms with E-state index in [4.69, 9.17) is 0 Å². The third-order valence-corrected chi connectivity index (χ3v) is 3.60. The molecule has 0 saturated carbocycles. The van der Waals surface area contributed by atoms with Gasteiger partial charge < -0.3 is 10.6 Å². The van der Waals surface area contributed by atoms with Crippen molar-refractivity contribution in [3.8, 4) is 0 Å². The van der Waals surface area contributed by atoms with Gasteiger partial charge >= 0.3 is 0 Å². The van der Waals surface area contributed by atoms with Gasteiger partial charge in [0, 0.05) is 24.2 Å². The maximum Gasteiger partial charge on any atom is 0.251 e. The van der Waals surface area contributed by atoms with Crippen LogP contribution in [0.5, 0.6) is 0 Å². The van der Waals surface area contributed by atoms with Gasteiger partial charge in [-0.2, -0.15) is 0 Å². The van der Waals surface area contributed by atoms with E-state index in [-0.39, 0.29) is 11.8 Å². The summed E-state index contributed by atoms with van der Waals surface area (Å²) in [5.41, 5.74) is 2.19. The van der Waals surface area contributed by atoms with E-state index in [1.807, 2.05) is 44.2 Å². The number of benzene rings is 2. The first-order valence-corrected chi connectivity index (χ1v) is 8.26. The number of rotatable bonds is 7. The molecule has 0 radical (unpaired) electrons. The van der Waals surface area contributed by atoms with Gasteiger partial charge in [0.25, 0.3) is 11.8 Å². The Morgan fingerprint density at radius 3 is 2.12 bits per heavy atom. The van der Waals surface area contributed by atoms with Gasteiger partial charge in [0.1, 0.15) is 0 Å². The zero-order valence-electron chi connectivity index (χ0n) is 14.2. The predicted octanol–water partition coefficient (Wildman–Crippen LogP) is 3.04. The van der Waals surface area contributed by atoms with Gasteiger partial charge in [0.2, 0.25) is 0 Å². The van der Waals surface area contributed by atoms with Crippen molar-refractivity contribution in [3.63, 3.8) is 0 Å². The first-order chi connectivity index (χ1) is 11.6. The Labute approximate surface area is 143 Å². The molecule has 0 fully saturated rings. The SMILES string of the molecule is CC(C)CNC(=O)c1cccc(C(=O)NCCc2ccccc2)c1. The highest BCUT2D eigenvalue weighted by Gasteiger charge is 2.10. The number of hydrogen-bond acceptors (Lipinski definition) is 2. The standard InChI is InChI=1S/C20H24N2O2/c1-15(2)14-22-20(24)18-10-6-9-17(13-18)19(23)21-12-11-16-7-4-3-5-8-16/h3-10,13,15H,11-12,14H2,1-2H3,(H,21,23)(H,22,24). The lowest BCUT2D eigenvalue weighted by atomic mass is 10.1. The first kappa shape index (κ1) is 17.7. The number of nitrogens with one attached hydrogen (secondary N) is 2. The second kappa shape index (κ2) is 8.87. The van der Waals surface area contributed by atoms with E-state index in [0.29, 0.717) is 30.1 Å². The van der Waals surface area contributed by atoms with Crippen molar-refractivity contribution < 1.29 is 9.59 Å². The normalized spacial score (nSPS) is 10.5. The fraction of sp³-hybridized carbons (Fsp3) is 0.300. The molecule has 0 heterocycles. The van der Waals surface area contributed by atoms with Crippen molar-refractivity contribution in [3.05, 3.63) is 71.3 Å². The van der Waals surface area contributed by atoms with Crippen molar-refractivity contribution in [1.82, 2.24) is 10.6 Å². The van der Waals surface area contributed by atoms with Crippen LogP contribution in [0.15, 0.2) is 54.6 Å². The number of hydrogen-bond donors (Lipinski definition) is 2. The summed E-state index contributed by atoms with van der Waals surface area (Å²) >= 11 is 0. The third-order valence-electron chi connectivity index (χ3n) is 3.60. The zero-order chi connectivity index (χ0) is 17.4. The minimum atomic E-state index is -0.163. The van der Waals surface area contributed by atoms with Gasteiger partial charge in [0.15, 0.2) is 0 Å².